The van der Waals surface area contributed by atoms with Gasteiger partial charge in [-0.1, -0.05) is 6.07 Å². The van der Waals surface area contributed by atoms with Crippen LogP contribution in [0.3, 0.4) is 0 Å². The molecule has 0 radical (unpaired) electrons. The van der Waals surface area contributed by atoms with Gasteiger partial charge in [0.2, 0.25) is 0 Å². The lowest BCUT2D eigenvalue weighted by atomic mass is 9.89. The number of amides is 1. The molecule has 0 saturated carbocycles. The van der Waals surface area contributed by atoms with E-state index in [1.54, 1.807) is 6.92 Å². The number of likely N-dealkylation sites (N-methyl/N-ethyl adjacent to an activating group) is 1. The molecule has 1 atom stereocenters. The molecule has 116 valence electrons. The van der Waals surface area contributed by atoms with Crippen LogP contribution in [-0.4, -0.2) is 49.9 Å². The average Bonchev–Trinajstić information content (AvgIpc) is 2.61. The number of hydrogen-bond donors (Lipinski definition) is 1. The third-order valence-electron chi connectivity index (χ3n) is 3.69. The summed E-state index contributed by atoms with van der Waals surface area (Å²) in [5.41, 5.74) is 1.84. The second-order valence-electron chi connectivity index (χ2n) is 5.37. The molecule has 8 nitrogen and oxygen atoms in total. The quantitative estimate of drug-likeness (QED) is 0.761. The number of hydrogen-bond acceptors (Lipinski definition) is 7. The minimum absolute atomic E-state index is 0.00918. The molecule has 0 saturated heterocycles. The number of sulfone groups is 1. The van der Waals surface area contributed by atoms with Gasteiger partial charge in [0.25, 0.3) is 5.91 Å². The van der Waals surface area contributed by atoms with Gasteiger partial charge in [-0.25, -0.2) is 18.2 Å². The lowest BCUT2D eigenvalue weighted by Gasteiger charge is -2.21. The number of hydroxylamine groups is 1. The van der Waals surface area contributed by atoms with Crippen LogP contribution in [0.15, 0.2) is 28.2 Å². The first-order chi connectivity index (χ1) is 10.1. The van der Waals surface area contributed by atoms with Gasteiger partial charge in [0.05, 0.1) is 10.5 Å². The zero-order valence-corrected chi connectivity index (χ0v) is 12.9. The van der Waals surface area contributed by atoms with Crippen LogP contribution in [0.1, 0.15) is 22.8 Å². The van der Waals surface area contributed by atoms with Crippen LogP contribution < -0.4 is 5.48 Å². The van der Waals surface area contributed by atoms with Crippen LogP contribution in [0, 0.1) is 0 Å². The molecule has 0 spiro atoms. The second-order valence-corrected chi connectivity index (χ2v) is 7.39. The van der Waals surface area contributed by atoms with Gasteiger partial charge in [0.1, 0.15) is 5.71 Å². The maximum atomic E-state index is 12.2. The standard InChI is InChI=1S/C13H13N3O5S/c1-13-10(14-16(2)12(13)18)8-5-4-7(22(3,19)20)6-9(8)11(17)21-15-13/h4-6,15H,1-3H3. The van der Waals surface area contributed by atoms with E-state index in [4.69, 9.17) is 4.84 Å². The van der Waals surface area contributed by atoms with E-state index in [0.29, 0.717) is 11.3 Å². The highest BCUT2D eigenvalue weighted by Crippen LogP contribution is 2.30. The van der Waals surface area contributed by atoms with Crippen LogP contribution in [-0.2, 0) is 19.5 Å². The fourth-order valence-corrected chi connectivity index (χ4v) is 3.12. The van der Waals surface area contributed by atoms with Crippen molar-refractivity contribution < 1.29 is 22.8 Å². The predicted octanol–water partition coefficient (Wildman–Crippen LogP) is -0.300. The molecule has 2 heterocycles. The van der Waals surface area contributed by atoms with E-state index in [1.165, 1.54) is 25.2 Å². The van der Waals surface area contributed by atoms with Crippen molar-refractivity contribution in [2.75, 3.05) is 13.3 Å². The van der Waals surface area contributed by atoms with Crippen molar-refractivity contribution in [3.8, 4) is 0 Å². The van der Waals surface area contributed by atoms with Gasteiger partial charge in [-0.05, 0) is 19.1 Å². The fourth-order valence-electron chi connectivity index (χ4n) is 2.47. The molecular formula is C13H13N3O5S. The van der Waals surface area contributed by atoms with E-state index in [0.717, 1.165) is 11.3 Å². The van der Waals surface area contributed by atoms with Gasteiger partial charge < -0.3 is 4.84 Å². The molecule has 3 rings (SSSR count). The summed E-state index contributed by atoms with van der Waals surface area (Å²) >= 11 is 0. The molecule has 0 bridgehead atoms. The smallest absolute Gasteiger partial charge is 0.357 e. The number of carbonyl (C=O) groups excluding carboxylic acids is 2. The zero-order chi connectivity index (χ0) is 16.3. The fraction of sp³-hybridized carbons (Fsp3) is 0.308. The van der Waals surface area contributed by atoms with Crippen molar-refractivity contribution in [1.82, 2.24) is 10.5 Å². The molecule has 1 amide bonds. The Bertz CT molecular complexity index is 845. The topological polar surface area (TPSA) is 105 Å². The van der Waals surface area contributed by atoms with Crippen LogP contribution in [0.25, 0.3) is 0 Å². The van der Waals surface area contributed by atoms with Crippen molar-refractivity contribution >= 4 is 27.4 Å². The minimum Gasteiger partial charge on any atom is -0.365 e. The molecule has 2 aliphatic heterocycles. The lowest BCUT2D eigenvalue weighted by Crippen LogP contribution is -2.54. The Morgan fingerprint density at radius 2 is 1.95 bits per heavy atom. The van der Waals surface area contributed by atoms with E-state index in [9.17, 15) is 18.0 Å². The summed E-state index contributed by atoms with van der Waals surface area (Å²) in [6, 6.07) is 4.06. The number of nitrogens with zero attached hydrogens (tertiary/aromatic N) is 2. The molecule has 0 fully saturated rings. The number of fused-ring (bicyclic) bond motifs is 3. The van der Waals surface area contributed by atoms with Crippen LogP contribution in [0.2, 0.25) is 0 Å². The van der Waals surface area contributed by atoms with Crippen LogP contribution in [0.5, 0.6) is 0 Å². The summed E-state index contributed by atoms with van der Waals surface area (Å²) < 4.78 is 23.3. The number of benzene rings is 1. The summed E-state index contributed by atoms with van der Waals surface area (Å²) in [6.45, 7) is 1.55. The Hall–Kier alpha value is -2.26. The van der Waals surface area contributed by atoms with Crippen molar-refractivity contribution in [3.63, 3.8) is 0 Å². The monoisotopic (exact) mass is 323 g/mol. The first kappa shape index (κ1) is 14.7. The van der Waals surface area contributed by atoms with E-state index >= 15 is 0 Å². The molecule has 2 aliphatic rings. The van der Waals surface area contributed by atoms with Gasteiger partial charge in [0, 0.05) is 18.9 Å². The highest BCUT2D eigenvalue weighted by molar-refractivity contribution is 7.90. The van der Waals surface area contributed by atoms with Crippen molar-refractivity contribution in [3.05, 3.63) is 29.3 Å². The Morgan fingerprint density at radius 3 is 2.59 bits per heavy atom. The summed E-state index contributed by atoms with van der Waals surface area (Å²) in [5, 5.41) is 5.30. The van der Waals surface area contributed by atoms with E-state index in [2.05, 4.69) is 10.6 Å². The maximum absolute atomic E-state index is 12.2. The van der Waals surface area contributed by atoms with Gasteiger partial charge >= 0.3 is 5.97 Å². The first-order valence-corrected chi connectivity index (χ1v) is 8.24. The molecular weight excluding hydrogens is 310 g/mol. The lowest BCUT2D eigenvalue weighted by molar-refractivity contribution is -0.135. The average molecular weight is 323 g/mol. The summed E-state index contributed by atoms with van der Waals surface area (Å²) in [5.74, 6) is -1.15. The number of rotatable bonds is 1. The molecule has 0 aliphatic carbocycles. The zero-order valence-electron chi connectivity index (χ0n) is 12.1. The Labute approximate surface area is 126 Å². The molecule has 1 aromatic carbocycles. The van der Waals surface area contributed by atoms with Gasteiger partial charge in [-0.15, -0.1) is 5.48 Å². The summed E-state index contributed by atoms with van der Waals surface area (Å²) in [6.07, 6.45) is 1.05. The molecule has 1 unspecified atom stereocenters. The van der Waals surface area contributed by atoms with Crippen molar-refractivity contribution in [2.45, 2.75) is 17.4 Å². The maximum Gasteiger partial charge on any atom is 0.357 e. The SMILES string of the molecule is CN1N=C2c3ccc(S(C)(=O)=O)cc3C(=O)ONC2(C)C1=O. The van der Waals surface area contributed by atoms with Gasteiger partial charge in [-0.3, -0.25) is 4.79 Å². The third-order valence-corrected chi connectivity index (χ3v) is 4.80. The molecule has 1 aromatic rings. The third kappa shape index (κ3) is 1.93. The first-order valence-electron chi connectivity index (χ1n) is 6.34. The summed E-state index contributed by atoms with van der Waals surface area (Å²) in [4.78, 5) is 29.2. The molecule has 22 heavy (non-hydrogen) atoms. The highest BCUT2D eigenvalue weighted by atomic mass is 32.2. The Morgan fingerprint density at radius 1 is 1.27 bits per heavy atom. The molecule has 1 N–H and O–H groups in total. The van der Waals surface area contributed by atoms with Gasteiger partial charge in [-0.2, -0.15) is 5.10 Å². The summed E-state index contributed by atoms with van der Waals surface area (Å²) in [7, 11) is -1.99. The largest absolute Gasteiger partial charge is 0.365 e. The normalized spacial score (nSPS) is 24.3. The predicted molar refractivity (Wildman–Crippen MR) is 75.8 cm³/mol. The number of carbonyl (C=O) groups is 2. The Balaban J connectivity index is 2.27. The van der Waals surface area contributed by atoms with E-state index < -0.39 is 21.3 Å². The van der Waals surface area contributed by atoms with Crippen molar-refractivity contribution in [2.24, 2.45) is 5.10 Å². The Kier molecular flexibility index (Phi) is 2.91. The number of hydrazone groups is 1. The minimum atomic E-state index is -3.48. The second kappa shape index (κ2) is 4.37. The molecule has 9 heteroatoms. The van der Waals surface area contributed by atoms with Gasteiger partial charge in [0.15, 0.2) is 15.4 Å². The molecule has 0 aromatic heterocycles. The van der Waals surface area contributed by atoms with Crippen LogP contribution in [0.4, 0.5) is 0 Å². The van der Waals surface area contributed by atoms with Crippen LogP contribution >= 0.6 is 0 Å². The van der Waals surface area contributed by atoms with E-state index in [1.807, 2.05) is 0 Å². The van der Waals surface area contributed by atoms with Crippen molar-refractivity contribution in [1.29, 1.82) is 0 Å². The van der Waals surface area contributed by atoms with E-state index in [-0.39, 0.29) is 16.4 Å². The highest BCUT2D eigenvalue weighted by Gasteiger charge is 2.50. The number of nitrogens with one attached hydrogen (secondary N) is 1.